The molecule has 1 unspecified atom stereocenters. The van der Waals surface area contributed by atoms with Crippen molar-refractivity contribution in [2.24, 2.45) is 0 Å². The maximum absolute atomic E-state index is 5.99. The molecule has 4 heteroatoms. The molecule has 0 bridgehead atoms. The van der Waals surface area contributed by atoms with Gasteiger partial charge in [-0.1, -0.05) is 17.7 Å². The quantitative estimate of drug-likeness (QED) is 0.798. The minimum absolute atomic E-state index is 0.389. The first-order valence-corrected chi connectivity index (χ1v) is 8.04. The highest BCUT2D eigenvalue weighted by atomic mass is 35.5. The second-order valence-corrected chi connectivity index (χ2v) is 6.69. The van der Waals surface area contributed by atoms with Crippen LogP contribution in [0.15, 0.2) is 40.6 Å². The normalized spacial score (nSPS) is 12.6. The third-order valence-corrected chi connectivity index (χ3v) is 5.02. The predicted octanol–water partition coefficient (Wildman–Crippen LogP) is 4.76. The van der Waals surface area contributed by atoms with E-state index >= 15 is 0 Å². The van der Waals surface area contributed by atoms with Gasteiger partial charge in [0.05, 0.1) is 0 Å². The molecule has 0 fully saturated rings. The lowest BCUT2D eigenvalue weighted by molar-refractivity contribution is 0.661. The average Bonchev–Trinajstić information content (AvgIpc) is 2.77. The van der Waals surface area contributed by atoms with Gasteiger partial charge >= 0.3 is 0 Å². The summed E-state index contributed by atoms with van der Waals surface area (Å²) in [6.45, 7) is 2.17. The summed E-state index contributed by atoms with van der Waals surface area (Å²) in [4.78, 5) is 2.61. The lowest BCUT2D eigenvalue weighted by atomic mass is 10.1. The second kappa shape index (κ2) is 6.62. The van der Waals surface area contributed by atoms with E-state index in [9.17, 15) is 0 Å². The molecule has 1 aromatic heterocycles. The summed E-state index contributed by atoms with van der Waals surface area (Å²) in [6.07, 6.45) is 0. The van der Waals surface area contributed by atoms with Crippen molar-refractivity contribution in [3.63, 3.8) is 0 Å². The Morgan fingerprint density at radius 2 is 2.22 bits per heavy atom. The topological polar surface area (TPSA) is 12.0 Å². The number of hydrogen-bond acceptors (Lipinski definition) is 3. The van der Waals surface area contributed by atoms with Crippen molar-refractivity contribution in [3.8, 4) is 0 Å². The Hall–Kier alpha value is -0.480. The van der Waals surface area contributed by atoms with E-state index in [1.807, 2.05) is 37.0 Å². The monoisotopic (exact) mass is 297 g/mol. The van der Waals surface area contributed by atoms with E-state index in [1.54, 1.807) is 11.3 Å². The van der Waals surface area contributed by atoms with Gasteiger partial charge in [0.25, 0.3) is 0 Å². The fourth-order valence-corrected chi connectivity index (χ4v) is 3.93. The van der Waals surface area contributed by atoms with Crippen molar-refractivity contribution in [2.75, 3.05) is 12.8 Å². The van der Waals surface area contributed by atoms with Crippen LogP contribution < -0.4 is 5.32 Å². The van der Waals surface area contributed by atoms with E-state index in [0.29, 0.717) is 6.04 Å². The second-order valence-electron chi connectivity index (χ2n) is 4.04. The van der Waals surface area contributed by atoms with E-state index in [-0.39, 0.29) is 0 Å². The van der Waals surface area contributed by atoms with Crippen LogP contribution >= 0.6 is 34.7 Å². The molecule has 2 aromatic rings. The molecule has 0 aliphatic rings. The van der Waals surface area contributed by atoms with Gasteiger partial charge < -0.3 is 5.32 Å². The van der Waals surface area contributed by atoms with Crippen LogP contribution in [0.1, 0.15) is 16.5 Å². The summed E-state index contributed by atoms with van der Waals surface area (Å²) in [5.74, 6) is 1.01. The van der Waals surface area contributed by atoms with Crippen LogP contribution in [0, 0.1) is 6.92 Å². The van der Waals surface area contributed by atoms with Crippen molar-refractivity contribution in [1.29, 1.82) is 0 Å². The highest BCUT2D eigenvalue weighted by Crippen LogP contribution is 2.29. The molecule has 0 amide bonds. The van der Waals surface area contributed by atoms with E-state index in [2.05, 4.69) is 29.8 Å². The number of halogens is 1. The Bertz CT molecular complexity index is 510. The van der Waals surface area contributed by atoms with Crippen LogP contribution in [0.3, 0.4) is 0 Å². The number of rotatable bonds is 5. The van der Waals surface area contributed by atoms with Crippen LogP contribution in [0.25, 0.3) is 0 Å². The van der Waals surface area contributed by atoms with Gasteiger partial charge in [0.2, 0.25) is 0 Å². The summed E-state index contributed by atoms with van der Waals surface area (Å²) >= 11 is 9.63. The zero-order chi connectivity index (χ0) is 13.0. The molecule has 2 rings (SSSR count). The van der Waals surface area contributed by atoms with Gasteiger partial charge in [-0.15, -0.1) is 23.1 Å². The minimum atomic E-state index is 0.389. The van der Waals surface area contributed by atoms with Crippen molar-refractivity contribution in [1.82, 2.24) is 5.32 Å². The fourth-order valence-electron chi connectivity index (χ4n) is 1.82. The lowest BCUT2D eigenvalue weighted by Crippen LogP contribution is -2.18. The zero-order valence-corrected chi connectivity index (χ0v) is 12.8. The van der Waals surface area contributed by atoms with E-state index in [0.717, 1.165) is 10.8 Å². The number of benzene rings is 1. The molecule has 0 aliphatic heterocycles. The van der Waals surface area contributed by atoms with Crippen LogP contribution in [0.4, 0.5) is 0 Å². The summed E-state index contributed by atoms with van der Waals surface area (Å²) in [5.41, 5.74) is 1.40. The first kappa shape index (κ1) is 13.9. The SMILES string of the molecule is CNC(CSc1cccc(Cl)c1)c1ccsc1C. The summed E-state index contributed by atoms with van der Waals surface area (Å²) in [7, 11) is 2.01. The third kappa shape index (κ3) is 3.51. The lowest BCUT2D eigenvalue weighted by Gasteiger charge is -2.16. The zero-order valence-electron chi connectivity index (χ0n) is 10.4. The molecule has 0 aliphatic carbocycles. The van der Waals surface area contributed by atoms with Crippen LogP contribution in [-0.2, 0) is 0 Å². The van der Waals surface area contributed by atoms with Crippen LogP contribution in [0.2, 0.25) is 5.02 Å². The molecule has 0 spiro atoms. The number of hydrogen-bond donors (Lipinski definition) is 1. The van der Waals surface area contributed by atoms with E-state index in [4.69, 9.17) is 11.6 Å². The van der Waals surface area contributed by atoms with Gasteiger partial charge in [-0.3, -0.25) is 0 Å². The Labute approximate surface area is 122 Å². The molecule has 1 atom stereocenters. The maximum Gasteiger partial charge on any atom is 0.0423 e. The molecule has 1 nitrogen and oxygen atoms in total. The van der Waals surface area contributed by atoms with Gasteiger partial charge in [-0.05, 0) is 49.2 Å². The number of thiophene rings is 1. The molecule has 1 N–H and O–H groups in total. The highest BCUT2D eigenvalue weighted by Gasteiger charge is 2.13. The Morgan fingerprint density at radius 1 is 1.39 bits per heavy atom. The number of nitrogens with one attached hydrogen (secondary N) is 1. The molecule has 0 saturated heterocycles. The average molecular weight is 298 g/mol. The van der Waals surface area contributed by atoms with Crippen molar-refractivity contribution < 1.29 is 0 Å². The number of aryl methyl sites for hydroxylation is 1. The standard InChI is InChI=1S/C14H16ClNS2/c1-10-13(6-7-17-10)14(16-2)9-18-12-5-3-4-11(15)8-12/h3-8,14,16H,9H2,1-2H3. The van der Waals surface area contributed by atoms with Gasteiger partial charge in [0, 0.05) is 26.6 Å². The van der Waals surface area contributed by atoms with Crippen molar-refractivity contribution >= 4 is 34.7 Å². The number of thioether (sulfide) groups is 1. The van der Waals surface area contributed by atoms with E-state index in [1.165, 1.54) is 15.3 Å². The Kier molecular flexibility index (Phi) is 5.13. The first-order valence-electron chi connectivity index (χ1n) is 5.80. The molecule has 0 radical (unpaired) electrons. The maximum atomic E-state index is 5.99. The fraction of sp³-hybridized carbons (Fsp3) is 0.286. The largest absolute Gasteiger partial charge is 0.312 e. The summed E-state index contributed by atoms with van der Waals surface area (Å²) < 4.78 is 0. The Morgan fingerprint density at radius 3 is 2.83 bits per heavy atom. The first-order chi connectivity index (χ1) is 8.70. The molecule has 96 valence electrons. The van der Waals surface area contributed by atoms with Gasteiger partial charge in [0.15, 0.2) is 0 Å². The van der Waals surface area contributed by atoms with Gasteiger partial charge in [-0.25, -0.2) is 0 Å². The van der Waals surface area contributed by atoms with Gasteiger partial charge in [-0.2, -0.15) is 0 Å². The van der Waals surface area contributed by atoms with Crippen molar-refractivity contribution in [3.05, 3.63) is 51.2 Å². The summed E-state index contributed by atoms with van der Waals surface area (Å²) in [5, 5.41) is 6.33. The predicted molar refractivity (Wildman–Crippen MR) is 83.0 cm³/mol. The molecule has 0 saturated carbocycles. The molecule has 18 heavy (non-hydrogen) atoms. The smallest absolute Gasteiger partial charge is 0.0423 e. The molecular formula is C14H16ClNS2. The molecule has 1 heterocycles. The third-order valence-electron chi connectivity index (χ3n) is 2.84. The highest BCUT2D eigenvalue weighted by molar-refractivity contribution is 7.99. The van der Waals surface area contributed by atoms with Gasteiger partial charge in [0.1, 0.15) is 0 Å². The minimum Gasteiger partial charge on any atom is -0.312 e. The Balaban J connectivity index is 2.02. The van der Waals surface area contributed by atoms with Crippen molar-refractivity contribution in [2.45, 2.75) is 17.9 Å². The van der Waals surface area contributed by atoms with Crippen LogP contribution in [-0.4, -0.2) is 12.8 Å². The summed E-state index contributed by atoms with van der Waals surface area (Å²) in [6, 6.07) is 10.6. The van der Waals surface area contributed by atoms with Crippen LogP contribution in [0.5, 0.6) is 0 Å². The van der Waals surface area contributed by atoms with E-state index < -0.39 is 0 Å². The molecule has 1 aromatic carbocycles. The molecular weight excluding hydrogens is 282 g/mol.